The minimum atomic E-state index is -0.171. The van der Waals surface area contributed by atoms with E-state index in [1.54, 1.807) is 0 Å². The van der Waals surface area contributed by atoms with Crippen LogP contribution in [0.3, 0.4) is 0 Å². The summed E-state index contributed by atoms with van der Waals surface area (Å²) in [5, 5.41) is 0. The molecule has 92 valence electrons. The first-order chi connectivity index (χ1) is 7.34. The first kappa shape index (κ1) is 14.9. The maximum atomic E-state index is 11.8. The predicted molar refractivity (Wildman–Crippen MR) is 68.1 cm³/mol. The number of esters is 1. The lowest BCUT2D eigenvalue weighted by Crippen LogP contribution is -2.22. The highest BCUT2D eigenvalue weighted by atomic mass is 16.5. The molecule has 1 unspecified atom stereocenters. The lowest BCUT2D eigenvalue weighted by molar-refractivity contribution is -0.149. The van der Waals surface area contributed by atoms with Crippen LogP contribution >= 0.6 is 0 Å². The molecule has 0 aromatic carbocycles. The monoisotopic (exact) mass is 224 g/mol. The van der Waals surface area contributed by atoms with E-state index < -0.39 is 0 Å². The van der Waals surface area contributed by atoms with Crippen LogP contribution in [0.25, 0.3) is 0 Å². The van der Waals surface area contributed by atoms with Gasteiger partial charge >= 0.3 is 5.97 Å². The van der Waals surface area contributed by atoms with E-state index in [9.17, 15) is 4.79 Å². The molecule has 0 aliphatic rings. The van der Waals surface area contributed by atoms with E-state index in [4.69, 9.17) is 4.74 Å². The number of carbonyl (C=O) groups is 1. The summed E-state index contributed by atoms with van der Waals surface area (Å²) < 4.78 is 5.24. The first-order valence-corrected chi connectivity index (χ1v) is 5.85. The molecule has 2 nitrogen and oxygen atoms in total. The minimum absolute atomic E-state index is 0.138. The van der Waals surface area contributed by atoms with Gasteiger partial charge in [0.25, 0.3) is 0 Å². The molecule has 0 aromatic heterocycles. The van der Waals surface area contributed by atoms with Crippen LogP contribution in [0.1, 0.15) is 34.6 Å². The van der Waals surface area contributed by atoms with Crippen LogP contribution in [-0.2, 0) is 9.53 Å². The summed E-state index contributed by atoms with van der Waals surface area (Å²) in [5.41, 5.74) is 0.947. The highest BCUT2D eigenvalue weighted by Gasteiger charge is 2.20. The van der Waals surface area contributed by atoms with Crippen LogP contribution in [0, 0.1) is 17.8 Å². The molecule has 0 rings (SSSR count). The lowest BCUT2D eigenvalue weighted by atomic mass is 9.95. The summed E-state index contributed by atoms with van der Waals surface area (Å²) in [6.07, 6.45) is 3.76. The maximum Gasteiger partial charge on any atom is 0.313 e. The zero-order chi connectivity index (χ0) is 12.7. The summed E-state index contributed by atoms with van der Waals surface area (Å²) in [7, 11) is 0. The van der Waals surface area contributed by atoms with Gasteiger partial charge in [0.2, 0.25) is 0 Å². The second kappa shape index (κ2) is 7.26. The molecule has 0 bridgehead atoms. The molecule has 0 aliphatic heterocycles. The third-order valence-corrected chi connectivity index (χ3v) is 2.14. The quantitative estimate of drug-likeness (QED) is 0.509. The number of carbonyl (C=O) groups excluding carboxylic acids is 1. The van der Waals surface area contributed by atoms with Crippen molar-refractivity contribution >= 4 is 5.97 Å². The molecule has 2 heteroatoms. The largest absolute Gasteiger partial charge is 0.465 e. The van der Waals surface area contributed by atoms with Gasteiger partial charge in [-0.15, -0.1) is 0 Å². The van der Waals surface area contributed by atoms with Gasteiger partial charge in [-0.2, -0.15) is 0 Å². The second-order valence-corrected chi connectivity index (χ2v) is 5.00. The van der Waals surface area contributed by atoms with Crippen LogP contribution in [0.15, 0.2) is 24.3 Å². The van der Waals surface area contributed by atoms with E-state index >= 15 is 0 Å². The Hall–Kier alpha value is -1.05. The normalized spacial score (nSPS) is 13.4. The third-order valence-electron chi connectivity index (χ3n) is 2.14. The Bertz CT molecular complexity index is 262. The summed E-state index contributed by atoms with van der Waals surface area (Å²) in [6.45, 7) is 14.3. The van der Waals surface area contributed by atoms with Crippen LogP contribution in [0.4, 0.5) is 0 Å². The van der Waals surface area contributed by atoms with Crippen molar-refractivity contribution in [2.24, 2.45) is 17.8 Å². The van der Waals surface area contributed by atoms with Crippen molar-refractivity contribution in [2.75, 3.05) is 6.61 Å². The van der Waals surface area contributed by atoms with Gasteiger partial charge in [0.15, 0.2) is 0 Å². The van der Waals surface area contributed by atoms with Crippen LogP contribution < -0.4 is 0 Å². The molecular weight excluding hydrogens is 200 g/mol. The second-order valence-electron chi connectivity index (χ2n) is 5.00. The van der Waals surface area contributed by atoms with Crippen molar-refractivity contribution in [3.8, 4) is 0 Å². The molecule has 0 amide bonds. The number of hydrogen-bond donors (Lipinski definition) is 0. The van der Waals surface area contributed by atoms with E-state index in [-0.39, 0.29) is 17.8 Å². The Morgan fingerprint density at radius 3 is 2.25 bits per heavy atom. The smallest absolute Gasteiger partial charge is 0.313 e. The molecule has 0 saturated heterocycles. The molecule has 0 fully saturated rings. The van der Waals surface area contributed by atoms with Crippen molar-refractivity contribution in [2.45, 2.75) is 34.6 Å². The molecule has 0 radical (unpaired) electrons. The van der Waals surface area contributed by atoms with Crippen LogP contribution in [0.5, 0.6) is 0 Å². The van der Waals surface area contributed by atoms with Gasteiger partial charge in [-0.3, -0.25) is 4.79 Å². The van der Waals surface area contributed by atoms with Crippen molar-refractivity contribution < 1.29 is 9.53 Å². The summed E-state index contributed by atoms with van der Waals surface area (Å²) in [4.78, 5) is 11.8. The zero-order valence-corrected chi connectivity index (χ0v) is 11.1. The van der Waals surface area contributed by atoms with Gasteiger partial charge < -0.3 is 4.74 Å². The van der Waals surface area contributed by atoms with Gasteiger partial charge in [-0.05, 0) is 18.8 Å². The van der Waals surface area contributed by atoms with Crippen molar-refractivity contribution in [1.82, 2.24) is 0 Å². The Morgan fingerprint density at radius 1 is 1.31 bits per heavy atom. The average molecular weight is 224 g/mol. The molecule has 0 N–H and O–H groups in total. The average Bonchev–Trinajstić information content (AvgIpc) is 2.13. The van der Waals surface area contributed by atoms with Crippen molar-refractivity contribution in [3.05, 3.63) is 24.3 Å². The third kappa shape index (κ3) is 6.44. The van der Waals surface area contributed by atoms with Crippen molar-refractivity contribution in [3.63, 3.8) is 0 Å². The molecule has 0 aliphatic carbocycles. The fraction of sp³-hybridized carbons (Fsp3) is 0.643. The number of allylic oxidation sites excluding steroid dienone is 2. The standard InChI is InChI=1S/C14H24O2/c1-10(2)7-8-13(12(5)6)14(15)16-9-11(3)4/h7-8,11-13H,1,9H2,2-6H3/b8-7+. The van der Waals surface area contributed by atoms with E-state index in [0.717, 1.165) is 5.57 Å². The molecule has 0 aromatic rings. The number of ether oxygens (including phenoxy) is 1. The Balaban J connectivity index is 4.42. The molecule has 0 spiro atoms. The van der Waals surface area contributed by atoms with Gasteiger partial charge in [0.05, 0.1) is 12.5 Å². The summed E-state index contributed by atoms with van der Waals surface area (Å²) >= 11 is 0. The highest BCUT2D eigenvalue weighted by Crippen LogP contribution is 2.16. The SMILES string of the molecule is C=C(C)/C=C/C(C(=O)OCC(C)C)C(C)C. The highest BCUT2D eigenvalue weighted by molar-refractivity contribution is 5.74. The van der Waals surface area contributed by atoms with E-state index in [2.05, 4.69) is 6.58 Å². The maximum absolute atomic E-state index is 11.8. The Morgan fingerprint density at radius 2 is 1.88 bits per heavy atom. The predicted octanol–water partition coefficient (Wildman–Crippen LogP) is 3.59. The zero-order valence-electron chi connectivity index (χ0n) is 11.1. The van der Waals surface area contributed by atoms with Gasteiger partial charge in [0.1, 0.15) is 0 Å². The molecule has 16 heavy (non-hydrogen) atoms. The molecule has 0 saturated carbocycles. The van der Waals surface area contributed by atoms with Gasteiger partial charge in [-0.1, -0.05) is 52.0 Å². The van der Waals surface area contributed by atoms with E-state index in [1.807, 2.05) is 46.8 Å². The topological polar surface area (TPSA) is 26.3 Å². The first-order valence-electron chi connectivity index (χ1n) is 5.85. The lowest BCUT2D eigenvalue weighted by Gasteiger charge is -2.16. The van der Waals surface area contributed by atoms with Crippen molar-refractivity contribution in [1.29, 1.82) is 0 Å². The van der Waals surface area contributed by atoms with Gasteiger partial charge in [-0.25, -0.2) is 0 Å². The number of rotatable bonds is 6. The Kier molecular flexibility index (Phi) is 6.78. The van der Waals surface area contributed by atoms with Crippen LogP contribution in [0.2, 0.25) is 0 Å². The van der Waals surface area contributed by atoms with Crippen LogP contribution in [-0.4, -0.2) is 12.6 Å². The molecular formula is C14H24O2. The Labute approximate surface area is 99.4 Å². The number of hydrogen-bond acceptors (Lipinski definition) is 2. The fourth-order valence-electron chi connectivity index (χ4n) is 1.19. The molecule has 0 heterocycles. The van der Waals surface area contributed by atoms with E-state index in [1.165, 1.54) is 0 Å². The fourth-order valence-corrected chi connectivity index (χ4v) is 1.19. The molecule has 1 atom stereocenters. The minimum Gasteiger partial charge on any atom is -0.465 e. The van der Waals surface area contributed by atoms with Gasteiger partial charge in [0, 0.05) is 0 Å². The summed E-state index contributed by atoms with van der Waals surface area (Å²) in [5.74, 6) is 0.314. The van der Waals surface area contributed by atoms with E-state index in [0.29, 0.717) is 12.5 Å². The summed E-state index contributed by atoms with van der Waals surface area (Å²) in [6, 6.07) is 0.